The Morgan fingerprint density at radius 2 is 1.84 bits per heavy atom. The zero-order chi connectivity index (χ0) is 18.4. The van der Waals surface area contributed by atoms with Crippen molar-refractivity contribution in [1.29, 1.82) is 0 Å². The first kappa shape index (κ1) is 19.4. The third kappa shape index (κ3) is 5.83. The molecule has 0 spiro atoms. The van der Waals surface area contributed by atoms with E-state index in [9.17, 15) is 9.59 Å². The van der Waals surface area contributed by atoms with Crippen molar-refractivity contribution >= 4 is 11.9 Å². The normalized spacial score (nSPS) is 23.3. The summed E-state index contributed by atoms with van der Waals surface area (Å²) in [4.78, 5) is 24.3. The molecule has 0 saturated carbocycles. The van der Waals surface area contributed by atoms with Crippen molar-refractivity contribution in [2.75, 3.05) is 13.7 Å². The molecular weight excluding hydrogens is 322 g/mol. The first-order valence-corrected chi connectivity index (χ1v) is 8.48. The molecule has 1 fully saturated rings. The topological polar surface area (TPSA) is 73.9 Å². The Hall–Kier alpha value is -1.92. The highest BCUT2D eigenvalue weighted by molar-refractivity contribution is 5.80. The van der Waals surface area contributed by atoms with E-state index in [1.807, 2.05) is 51.1 Å². The molecule has 6 nitrogen and oxygen atoms in total. The highest BCUT2D eigenvalue weighted by Crippen LogP contribution is 2.25. The minimum Gasteiger partial charge on any atom is -0.468 e. The van der Waals surface area contributed by atoms with Crippen LogP contribution in [0.2, 0.25) is 0 Å². The second-order valence-corrected chi connectivity index (χ2v) is 7.23. The van der Waals surface area contributed by atoms with Gasteiger partial charge in [0.05, 0.1) is 26.2 Å². The summed E-state index contributed by atoms with van der Waals surface area (Å²) in [6.45, 7) is 6.24. The molecule has 1 aliphatic rings. The van der Waals surface area contributed by atoms with Gasteiger partial charge >= 0.3 is 11.9 Å². The minimum atomic E-state index is -0.574. The van der Waals surface area contributed by atoms with Gasteiger partial charge in [0, 0.05) is 6.04 Å². The van der Waals surface area contributed by atoms with E-state index >= 15 is 0 Å². The summed E-state index contributed by atoms with van der Waals surface area (Å²) in [5, 5.41) is 3.14. The molecule has 2 rings (SSSR count). The first-order chi connectivity index (χ1) is 11.8. The number of rotatable bonds is 6. The van der Waals surface area contributed by atoms with Crippen molar-refractivity contribution < 1.29 is 23.8 Å². The van der Waals surface area contributed by atoms with E-state index in [2.05, 4.69) is 5.32 Å². The van der Waals surface area contributed by atoms with Gasteiger partial charge in [-0.15, -0.1) is 0 Å². The van der Waals surface area contributed by atoms with Crippen LogP contribution in [0.1, 0.15) is 32.8 Å². The molecule has 25 heavy (non-hydrogen) atoms. The molecule has 1 aliphatic heterocycles. The lowest BCUT2D eigenvalue weighted by Gasteiger charge is -2.24. The van der Waals surface area contributed by atoms with Crippen molar-refractivity contribution in [2.45, 2.75) is 51.5 Å². The summed E-state index contributed by atoms with van der Waals surface area (Å²) in [5.74, 6) is -1.14. The van der Waals surface area contributed by atoms with E-state index in [1.54, 1.807) is 0 Å². The molecule has 0 bridgehead atoms. The van der Waals surface area contributed by atoms with Gasteiger partial charge in [-0.05, 0) is 32.8 Å². The molecule has 0 aromatic heterocycles. The third-order valence-electron chi connectivity index (χ3n) is 3.99. The summed E-state index contributed by atoms with van der Waals surface area (Å²) in [5.41, 5.74) is 0.481. The highest BCUT2D eigenvalue weighted by Gasteiger charge is 2.43. The van der Waals surface area contributed by atoms with Gasteiger partial charge < -0.3 is 14.2 Å². The summed E-state index contributed by atoms with van der Waals surface area (Å²) >= 11 is 0. The van der Waals surface area contributed by atoms with Crippen LogP contribution in [0.15, 0.2) is 30.3 Å². The summed E-state index contributed by atoms with van der Waals surface area (Å²) in [6.07, 6.45) is 0.348. The molecule has 1 heterocycles. The Labute approximate surface area is 148 Å². The third-order valence-corrected chi connectivity index (χ3v) is 3.99. The number of carbonyl (C=O) groups is 2. The summed E-state index contributed by atoms with van der Waals surface area (Å²) in [7, 11) is 1.34. The standard InChI is InChI=1S/C19H27NO5/c1-19(2,3)25-17(21)14-10-15(18(22)23-4)20-16(14)12-24-11-13-8-6-5-7-9-13/h5-9,14-16,20H,10-12H2,1-4H3/t14-,15+,16+/m0/s1. The SMILES string of the molecule is COC(=O)[C@H]1C[C@H](C(=O)OC(C)(C)C)[C@@H](COCc2ccccc2)N1. The van der Waals surface area contributed by atoms with Gasteiger partial charge in [0.25, 0.3) is 0 Å². The number of esters is 2. The number of nitrogens with one attached hydrogen (secondary N) is 1. The molecule has 0 aliphatic carbocycles. The zero-order valence-electron chi connectivity index (χ0n) is 15.3. The van der Waals surface area contributed by atoms with Crippen molar-refractivity contribution in [3.8, 4) is 0 Å². The Bertz CT molecular complexity index is 581. The predicted molar refractivity (Wildman–Crippen MR) is 92.8 cm³/mol. The van der Waals surface area contributed by atoms with Crippen LogP contribution in [0.25, 0.3) is 0 Å². The van der Waals surface area contributed by atoms with Gasteiger partial charge in [-0.3, -0.25) is 14.9 Å². The molecule has 1 saturated heterocycles. The van der Waals surface area contributed by atoms with Crippen molar-refractivity contribution in [1.82, 2.24) is 5.32 Å². The van der Waals surface area contributed by atoms with Gasteiger partial charge in [-0.25, -0.2) is 0 Å². The maximum absolute atomic E-state index is 12.5. The highest BCUT2D eigenvalue weighted by atomic mass is 16.6. The lowest BCUT2D eigenvalue weighted by Crippen LogP contribution is -2.41. The van der Waals surface area contributed by atoms with Crippen LogP contribution in [0.4, 0.5) is 0 Å². The Morgan fingerprint density at radius 3 is 2.44 bits per heavy atom. The zero-order valence-corrected chi connectivity index (χ0v) is 15.3. The number of ether oxygens (including phenoxy) is 3. The monoisotopic (exact) mass is 349 g/mol. The van der Waals surface area contributed by atoms with Crippen LogP contribution in [0.5, 0.6) is 0 Å². The van der Waals surface area contributed by atoms with Crippen LogP contribution < -0.4 is 5.32 Å². The lowest BCUT2D eigenvalue weighted by atomic mass is 9.99. The number of hydrogen-bond acceptors (Lipinski definition) is 6. The number of carbonyl (C=O) groups excluding carboxylic acids is 2. The van der Waals surface area contributed by atoms with Crippen molar-refractivity contribution in [3.05, 3.63) is 35.9 Å². The Kier molecular flexibility index (Phi) is 6.56. The van der Waals surface area contributed by atoms with Crippen molar-refractivity contribution in [2.24, 2.45) is 5.92 Å². The molecule has 1 aromatic rings. The molecule has 1 N–H and O–H groups in total. The smallest absolute Gasteiger partial charge is 0.322 e. The summed E-state index contributed by atoms with van der Waals surface area (Å²) < 4.78 is 16.0. The second-order valence-electron chi connectivity index (χ2n) is 7.23. The van der Waals surface area contributed by atoms with E-state index < -0.39 is 17.6 Å². The Morgan fingerprint density at radius 1 is 1.16 bits per heavy atom. The van der Waals surface area contributed by atoms with E-state index in [-0.39, 0.29) is 18.0 Å². The fraction of sp³-hybridized carbons (Fsp3) is 0.579. The van der Waals surface area contributed by atoms with E-state index in [0.29, 0.717) is 19.6 Å². The van der Waals surface area contributed by atoms with Gasteiger partial charge in [0.1, 0.15) is 11.6 Å². The first-order valence-electron chi connectivity index (χ1n) is 8.48. The fourth-order valence-corrected chi connectivity index (χ4v) is 2.85. The minimum absolute atomic E-state index is 0.289. The van der Waals surface area contributed by atoms with Gasteiger partial charge in [-0.2, -0.15) is 0 Å². The largest absolute Gasteiger partial charge is 0.468 e. The van der Waals surface area contributed by atoms with Crippen LogP contribution in [-0.4, -0.2) is 43.3 Å². The second kappa shape index (κ2) is 8.45. The van der Waals surface area contributed by atoms with Crippen LogP contribution >= 0.6 is 0 Å². The predicted octanol–water partition coefficient (Wildman–Crippen LogP) is 2.06. The van der Waals surface area contributed by atoms with Crippen LogP contribution in [-0.2, 0) is 30.4 Å². The molecule has 138 valence electrons. The maximum Gasteiger partial charge on any atom is 0.322 e. The average Bonchev–Trinajstić information content (AvgIpc) is 2.98. The maximum atomic E-state index is 12.5. The van der Waals surface area contributed by atoms with Gasteiger partial charge in [0.15, 0.2) is 0 Å². The fourth-order valence-electron chi connectivity index (χ4n) is 2.85. The molecule has 1 aromatic carbocycles. The average molecular weight is 349 g/mol. The Balaban J connectivity index is 1.98. The molecule has 0 radical (unpaired) electrons. The van der Waals surface area contributed by atoms with Crippen LogP contribution in [0.3, 0.4) is 0 Å². The number of hydrogen-bond donors (Lipinski definition) is 1. The molecule has 6 heteroatoms. The quantitative estimate of drug-likeness (QED) is 0.793. The lowest BCUT2D eigenvalue weighted by molar-refractivity contribution is -0.160. The van der Waals surface area contributed by atoms with Crippen LogP contribution in [0, 0.1) is 5.92 Å². The number of benzene rings is 1. The summed E-state index contributed by atoms with van der Waals surface area (Å²) in [6, 6.07) is 8.99. The van der Waals surface area contributed by atoms with Gasteiger partial charge in [0.2, 0.25) is 0 Å². The van der Waals surface area contributed by atoms with Gasteiger partial charge in [-0.1, -0.05) is 30.3 Å². The van der Waals surface area contributed by atoms with E-state index in [4.69, 9.17) is 14.2 Å². The molecule has 3 atom stereocenters. The number of methoxy groups -OCH3 is 1. The molecular formula is C19H27NO5. The molecule has 0 unspecified atom stereocenters. The van der Waals surface area contributed by atoms with E-state index in [1.165, 1.54) is 7.11 Å². The van der Waals surface area contributed by atoms with Crippen molar-refractivity contribution in [3.63, 3.8) is 0 Å². The van der Waals surface area contributed by atoms with E-state index in [0.717, 1.165) is 5.56 Å². The molecule has 0 amide bonds.